The Labute approximate surface area is 344 Å². The lowest BCUT2D eigenvalue weighted by Gasteiger charge is -2.18. The normalized spacial score (nSPS) is 12.9. The predicted octanol–water partition coefficient (Wildman–Crippen LogP) is 14.3. The number of ether oxygens (including phenoxy) is 2. The number of carbonyl (C=O) groups is 2. The summed E-state index contributed by atoms with van der Waals surface area (Å²) < 4.78 is 26.4. The number of carbonyl (C=O) groups excluding carboxylic acids is 2. The molecular formula is C47H85O8P. The minimum Gasteiger partial charge on any atom is -0.462 e. The van der Waals surface area contributed by atoms with Crippen molar-refractivity contribution in [2.24, 2.45) is 0 Å². The highest BCUT2D eigenvalue weighted by molar-refractivity contribution is 7.46. The van der Waals surface area contributed by atoms with Crippen LogP contribution in [0.25, 0.3) is 0 Å². The van der Waals surface area contributed by atoms with Gasteiger partial charge in [0.15, 0.2) is 6.10 Å². The second kappa shape index (κ2) is 42.6. The minimum absolute atomic E-state index is 0.137. The van der Waals surface area contributed by atoms with E-state index in [1.165, 1.54) is 141 Å². The lowest BCUT2D eigenvalue weighted by atomic mass is 10.0. The summed E-state index contributed by atoms with van der Waals surface area (Å²) in [6, 6.07) is 0. The summed E-state index contributed by atoms with van der Waals surface area (Å²) in [5.74, 6) is -0.943. The molecule has 0 bridgehead atoms. The third-order valence-corrected chi connectivity index (χ3v) is 10.3. The molecule has 0 fully saturated rings. The summed E-state index contributed by atoms with van der Waals surface area (Å²) >= 11 is 0. The molecule has 0 aromatic heterocycles. The van der Waals surface area contributed by atoms with Crippen molar-refractivity contribution in [3.05, 3.63) is 48.6 Å². The molecule has 0 saturated heterocycles. The lowest BCUT2D eigenvalue weighted by Crippen LogP contribution is -2.29. The number of esters is 2. The van der Waals surface area contributed by atoms with Crippen molar-refractivity contribution in [2.45, 2.75) is 225 Å². The van der Waals surface area contributed by atoms with E-state index in [0.29, 0.717) is 12.8 Å². The number of allylic oxidation sites excluding steroid dienone is 8. The number of rotatable bonds is 42. The molecule has 0 aliphatic carbocycles. The fourth-order valence-electron chi connectivity index (χ4n) is 6.43. The van der Waals surface area contributed by atoms with Crippen molar-refractivity contribution in [3.63, 3.8) is 0 Å². The SMILES string of the molecule is CCCCC/C=C/C/C=C/C/C=C/C/C=C/CCCC(=O)O[C@H](COC(=O)CCCCCCCCCCCCCCCCCCCCCCC)COP(=O)(O)O. The molecule has 0 aliphatic rings. The average molecular weight is 809 g/mol. The molecule has 0 heterocycles. The molecule has 0 aliphatic heterocycles. The van der Waals surface area contributed by atoms with Gasteiger partial charge in [-0.1, -0.05) is 204 Å². The van der Waals surface area contributed by atoms with Crippen molar-refractivity contribution in [2.75, 3.05) is 13.2 Å². The molecule has 0 saturated carbocycles. The van der Waals surface area contributed by atoms with Crippen molar-refractivity contribution in [1.29, 1.82) is 0 Å². The molecule has 0 rings (SSSR count). The van der Waals surface area contributed by atoms with Gasteiger partial charge in [0.2, 0.25) is 0 Å². The Hall–Kier alpha value is -1.99. The number of phosphoric ester groups is 1. The molecule has 9 heteroatoms. The third kappa shape index (κ3) is 44.7. The zero-order chi connectivity index (χ0) is 41.1. The quantitative estimate of drug-likeness (QED) is 0.0271. The summed E-state index contributed by atoms with van der Waals surface area (Å²) in [6.07, 6.45) is 52.8. The largest absolute Gasteiger partial charge is 0.469 e. The van der Waals surface area contributed by atoms with Crippen molar-refractivity contribution in [1.82, 2.24) is 0 Å². The second-order valence-electron chi connectivity index (χ2n) is 15.4. The van der Waals surface area contributed by atoms with Crippen LogP contribution < -0.4 is 0 Å². The van der Waals surface area contributed by atoms with E-state index in [-0.39, 0.29) is 19.4 Å². The van der Waals surface area contributed by atoms with Crippen LogP contribution in [-0.2, 0) is 28.2 Å². The monoisotopic (exact) mass is 809 g/mol. The first kappa shape index (κ1) is 54.0. The fourth-order valence-corrected chi connectivity index (χ4v) is 6.79. The molecule has 2 N–H and O–H groups in total. The lowest BCUT2D eigenvalue weighted by molar-refractivity contribution is -0.161. The van der Waals surface area contributed by atoms with Gasteiger partial charge in [-0.3, -0.25) is 14.1 Å². The molecule has 8 nitrogen and oxygen atoms in total. The van der Waals surface area contributed by atoms with Gasteiger partial charge in [-0.05, 0) is 51.4 Å². The Morgan fingerprint density at radius 1 is 0.464 bits per heavy atom. The molecular weight excluding hydrogens is 723 g/mol. The van der Waals surface area contributed by atoms with Crippen LogP contribution in [0.15, 0.2) is 48.6 Å². The van der Waals surface area contributed by atoms with Crippen LogP contribution >= 0.6 is 7.82 Å². The maximum Gasteiger partial charge on any atom is 0.469 e. The summed E-state index contributed by atoms with van der Waals surface area (Å²) in [5.41, 5.74) is 0. The van der Waals surface area contributed by atoms with Gasteiger partial charge in [0, 0.05) is 12.8 Å². The van der Waals surface area contributed by atoms with Gasteiger partial charge in [-0.15, -0.1) is 0 Å². The Morgan fingerprint density at radius 2 is 0.821 bits per heavy atom. The van der Waals surface area contributed by atoms with Crippen LogP contribution in [0.1, 0.15) is 219 Å². The minimum atomic E-state index is -4.77. The topological polar surface area (TPSA) is 119 Å². The van der Waals surface area contributed by atoms with Gasteiger partial charge in [0.25, 0.3) is 0 Å². The highest BCUT2D eigenvalue weighted by Crippen LogP contribution is 2.36. The van der Waals surface area contributed by atoms with Crippen LogP contribution in [0.2, 0.25) is 0 Å². The maximum absolute atomic E-state index is 12.4. The highest BCUT2D eigenvalue weighted by Gasteiger charge is 2.22. The smallest absolute Gasteiger partial charge is 0.462 e. The molecule has 0 radical (unpaired) electrons. The summed E-state index contributed by atoms with van der Waals surface area (Å²) in [5, 5.41) is 0. The molecule has 1 atom stereocenters. The van der Waals surface area contributed by atoms with E-state index < -0.39 is 32.5 Å². The third-order valence-electron chi connectivity index (χ3n) is 9.85. The second-order valence-corrected chi connectivity index (χ2v) is 16.6. The van der Waals surface area contributed by atoms with Gasteiger partial charge < -0.3 is 19.3 Å². The van der Waals surface area contributed by atoms with Gasteiger partial charge in [0.1, 0.15) is 6.61 Å². The summed E-state index contributed by atoms with van der Waals surface area (Å²) in [4.78, 5) is 42.9. The summed E-state index contributed by atoms with van der Waals surface area (Å²) in [7, 11) is -4.77. The van der Waals surface area contributed by atoms with Gasteiger partial charge in [-0.25, -0.2) is 4.57 Å². The Bertz CT molecular complexity index is 1050. The zero-order valence-corrected chi connectivity index (χ0v) is 36.9. The molecule has 326 valence electrons. The number of unbranched alkanes of at least 4 members (excludes halogenated alkanes) is 24. The molecule has 0 spiro atoms. The van der Waals surface area contributed by atoms with Crippen LogP contribution in [-0.4, -0.2) is 41.0 Å². The van der Waals surface area contributed by atoms with E-state index >= 15 is 0 Å². The Morgan fingerprint density at radius 3 is 1.25 bits per heavy atom. The van der Waals surface area contributed by atoms with E-state index in [1.54, 1.807) is 0 Å². The number of phosphoric acid groups is 1. The van der Waals surface area contributed by atoms with E-state index in [1.807, 2.05) is 6.08 Å². The highest BCUT2D eigenvalue weighted by atomic mass is 31.2. The van der Waals surface area contributed by atoms with Crippen LogP contribution in [0.4, 0.5) is 0 Å². The van der Waals surface area contributed by atoms with E-state index in [2.05, 4.69) is 60.9 Å². The van der Waals surface area contributed by atoms with Crippen molar-refractivity contribution in [3.8, 4) is 0 Å². The molecule has 0 aromatic carbocycles. The first-order valence-electron chi connectivity index (χ1n) is 22.9. The Balaban J connectivity index is 3.92. The fraction of sp³-hybridized carbons (Fsp3) is 0.787. The molecule has 0 amide bonds. The van der Waals surface area contributed by atoms with Crippen LogP contribution in [0.3, 0.4) is 0 Å². The number of hydrogen-bond donors (Lipinski definition) is 2. The van der Waals surface area contributed by atoms with Gasteiger partial charge >= 0.3 is 19.8 Å². The summed E-state index contributed by atoms with van der Waals surface area (Å²) in [6.45, 7) is 3.64. The zero-order valence-electron chi connectivity index (χ0n) is 36.0. The number of hydrogen-bond acceptors (Lipinski definition) is 6. The maximum atomic E-state index is 12.4. The standard InChI is InChI=1S/C47H85O8P/c1-3-5-7-9-11-13-15-17-19-21-22-23-24-26-27-29-31-33-35-37-39-41-46(48)53-43-45(44-54-56(50,51)52)55-47(49)42-40-38-36-34-32-30-28-25-20-18-16-14-12-10-8-6-4-2/h12,14,18,20,28,30,34,36,45H,3-11,13,15-17,19,21-27,29,31-33,35,37-44H2,1-2H3,(H2,50,51,52)/b14-12+,20-18+,30-28+,36-34+/t45-/m1/s1. The molecule has 0 aromatic rings. The van der Waals surface area contributed by atoms with Gasteiger partial charge in [-0.2, -0.15) is 0 Å². The van der Waals surface area contributed by atoms with E-state index in [4.69, 9.17) is 19.3 Å². The molecule has 0 unspecified atom stereocenters. The van der Waals surface area contributed by atoms with Crippen LogP contribution in [0.5, 0.6) is 0 Å². The molecule has 56 heavy (non-hydrogen) atoms. The van der Waals surface area contributed by atoms with Gasteiger partial charge in [0.05, 0.1) is 6.61 Å². The first-order valence-corrected chi connectivity index (χ1v) is 24.5. The van der Waals surface area contributed by atoms with Crippen molar-refractivity contribution < 1.29 is 37.9 Å². The van der Waals surface area contributed by atoms with Crippen molar-refractivity contribution >= 4 is 19.8 Å². The predicted molar refractivity (Wildman–Crippen MR) is 234 cm³/mol. The van der Waals surface area contributed by atoms with E-state index in [9.17, 15) is 14.2 Å². The first-order chi connectivity index (χ1) is 27.3. The average Bonchev–Trinajstić information content (AvgIpc) is 3.17. The Kier molecular flexibility index (Phi) is 41.1. The van der Waals surface area contributed by atoms with Crippen LogP contribution in [0, 0.1) is 0 Å². The van der Waals surface area contributed by atoms with E-state index in [0.717, 1.165) is 38.5 Å².